The van der Waals surface area contributed by atoms with Gasteiger partial charge in [-0.1, -0.05) is 11.3 Å². The van der Waals surface area contributed by atoms with E-state index < -0.39 is 0 Å². The maximum atomic E-state index is 5.32. The molecule has 5 heteroatoms. The summed E-state index contributed by atoms with van der Waals surface area (Å²) in [7, 11) is 0. The Morgan fingerprint density at radius 1 is 1.31 bits per heavy atom. The fraction of sp³-hybridized carbons (Fsp3) is 0.455. The van der Waals surface area contributed by atoms with Crippen LogP contribution in [-0.4, -0.2) is 23.3 Å². The van der Waals surface area contributed by atoms with E-state index in [9.17, 15) is 0 Å². The smallest absolute Gasteiger partial charge is 0.183 e. The molecule has 16 heavy (non-hydrogen) atoms. The first-order valence-corrected chi connectivity index (χ1v) is 6.33. The third-order valence-electron chi connectivity index (χ3n) is 2.86. The van der Waals surface area contributed by atoms with Gasteiger partial charge in [-0.3, -0.25) is 0 Å². The lowest BCUT2D eigenvalue weighted by atomic mass is 9.99. The van der Waals surface area contributed by atoms with Crippen LogP contribution in [0.4, 0.5) is 0 Å². The average molecular weight is 235 g/mol. The zero-order valence-electron chi connectivity index (χ0n) is 8.85. The highest BCUT2D eigenvalue weighted by molar-refractivity contribution is 7.14. The van der Waals surface area contributed by atoms with Crippen molar-refractivity contribution in [2.24, 2.45) is 0 Å². The van der Waals surface area contributed by atoms with Gasteiger partial charge in [0.05, 0.1) is 6.26 Å². The van der Waals surface area contributed by atoms with Crippen LogP contribution in [0.15, 0.2) is 22.8 Å². The Morgan fingerprint density at radius 2 is 2.19 bits per heavy atom. The van der Waals surface area contributed by atoms with Gasteiger partial charge in [0.1, 0.15) is 5.01 Å². The SMILES string of the molecule is c1coc(-c2nnc(C3CCNCC3)s2)c1. The Morgan fingerprint density at radius 3 is 2.94 bits per heavy atom. The first kappa shape index (κ1) is 9.99. The molecule has 1 aliphatic rings. The first-order chi connectivity index (χ1) is 7.93. The molecular weight excluding hydrogens is 222 g/mol. The van der Waals surface area contributed by atoms with Crippen LogP contribution in [0.2, 0.25) is 0 Å². The predicted octanol–water partition coefficient (Wildman–Crippen LogP) is 2.27. The van der Waals surface area contributed by atoms with Crippen LogP contribution in [0.3, 0.4) is 0 Å². The molecule has 4 nitrogen and oxygen atoms in total. The Labute approximate surface area is 97.7 Å². The molecule has 0 unspecified atom stereocenters. The molecule has 0 saturated carbocycles. The van der Waals surface area contributed by atoms with Gasteiger partial charge in [-0.05, 0) is 38.1 Å². The highest BCUT2D eigenvalue weighted by Gasteiger charge is 2.20. The van der Waals surface area contributed by atoms with Gasteiger partial charge < -0.3 is 9.73 Å². The third kappa shape index (κ3) is 1.88. The van der Waals surface area contributed by atoms with Crippen molar-refractivity contribution in [3.63, 3.8) is 0 Å². The first-order valence-electron chi connectivity index (χ1n) is 5.51. The summed E-state index contributed by atoms with van der Waals surface area (Å²) in [5.74, 6) is 1.39. The van der Waals surface area contributed by atoms with Crippen molar-refractivity contribution in [2.45, 2.75) is 18.8 Å². The van der Waals surface area contributed by atoms with Gasteiger partial charge in [0.25, 0.3) is 0 Å². The van der Waals surface area contributed by atoms with Crippen LogP contribution in [-0.2, 0) is 0 Å². The summed E-state index contributed by atoms with van der Waals surface area (Å²) in [5, 5.41) is 13.9. The molecule has 1 aliphatic heterocycles. The average Bonchev–Trinajstić information content (AvgIpc) is 3.01. The van der Waals surface area contributed by atoms with Crippen LogP contribution >= 0.6 is 11.3 Å². The number of furan rings is 1. The summed E-state index contributed by atoms with van der Waals surface area (Å²) < 4.78 is 5.32. The van der Waals surface area contributed by atoms with Crippen LogP contribution in [0.1, 0.15) is 23.8 Å². The molecule has 1 saturated heterocycles. The molecule has 2 aromatic rings. The van der Waals surface area contributed by atoms with E-state index in [2.05, 4.69) is 15.5 Å². The minimum atomic E-state index is 0.572. The summed E-state index contributed by atoms with van der Waals surface area (Å²) in [6.07, 6.45) is 3.99. The number of nitrogens with zero attached hydrogens (tertiary/aromatic N) is 2. The van der Waals surface area contributed by atoms with Crippen LogP contribution < -0.4 is 5.32 Å². The van der Waals surface area contributed by atoms with Gasteiger partial charge in [0.2, 0.25) is 0 Å². The van der Waals surface area contributed by atoms with E-state index in [1.54, 1.807) is 17.6 Å². The monoisotopic (exact) mass is 235 g/mol. The minimum absolute atomic E-state index is 0.572. The number of piperidine rings is 1. The van der Waals surface area contributed by atoms with E-state index in [4.69, 9.17) is 4.42 Å². The summed E-state index contributed by atoms with van der Waals surface area (Å²) in [5.41, 5.74) is 0. The zero-order chi connectivity index (χ0) is 10.8. The number of aromatic nitrogens is 2. The normalized spacial score (nSPS) is 17.8. The summed E-state index contributed by atoms with van der Waals surface area (Å²) >= 11 is 1.65. The molecule has 3 rings (SSSR count). The second kappa shape index (κ2) is 4.35. The van der Waals surface area contributed by atoms with Gasteiger partial charge in [-0.25, -0.2) is 0 Å². The summed E-state index contributed by atoms with van der Waals surface area (Å²) in [6, 6.07) is 3.80. The summed E-state index contributed by atoms with van der Waals surface area (Å²) in [4.78, 5) is 0. The van der Waals surface area contributed by atoms with Crippen molar-refractivity contribution in [1.82, 2.24) is 15.5 Å². The Balaban J connectivity index is 1.82. The van der Waals surface area contributed by atoms with Crippen molar-refractivity contribution in [2.75, 3.05) is 13.1 Å². The van der Waals surface area contributed by atoms with Crippen molar-refractivity contribution >= 4 is 11.3 Å². The molecule has 0 aromatic carbocycles. The number of rotatable bonds is 2. The van der Waals surface area contributed by atoms with E-state index in [1.165, 1.54) is 0 Å². The maximum Gasteiger partial charge on any atom is 0.183 e. The van der Waals surface area contributed by atoms with E-state index >= 15 is 0 Å². The van der Waals surface area contributed by atoms with Gasteiger partial charge in [-0.15, -0.1) is 10.2 Å². The van der Waals surface area contributed by atoms with E-state index in [0.717, 1.165) is 41.7 Å². The van der Waals surface area contributed by atoms with Gasteiger partial charge in [0.15, 0.2) is 10.8 Å². The van der Waals surface area contributed by atoms with Crippen LogP contribution in [0, 0.1) is 0 Å². The highest BCUT2D eigenvalue weighted by Crippen LogP contribution is 2.31. The van der Waals surface area contributed by atoms with Crippen molar-refractivity contribution in [1.29, 1.82) is 0 Å². The molecule has 0 radical (unpaired) electrons. The lowest BCUT2D eigenvalue weighted by molar-refractivity contribution is 0.457. The quantitative estimate of drug-likeness (QED) is 0.867. The molecule has 0 aliphatic carbocycles. The Kier molecular flexibility index (Phi) is 2.71. The van der Waals surface area contributed by atoms with Gasteiger partial charge in [-0.2, -0.15) is 0 Å². The van der Waals surface area contributed by atoms with Gasteiger partial charge >= 0.3 is 0 Å². The molecule has 3 heterocycles. The number of hydrogen-bond acceptors (Lipinski definition) is 5. The van der Waals surface area contributed by atoms with Crippen molar-refractivity contribution < 1.29 is 4.42 Å². The molecule has 1 fully saturated rings. The molecule has 1 N–H and O–H groups in total. The third-order valence-corrected chi connectivity index (χ3v) is 3.96. The fourth-order valence-corrected chi connectivity index (χ4v) is 2.95. The highest BCUT2D eigenvalue weighted by atomic mass is 32.1. The lowest BCUT2D eigenvalue weighted by Gasteiger charge is -2.19. The zero-order valence-corrected chi connectivity index (χ0v) is 9.67. The topological polar surface area (TPSA) is 51.0 Å². The second-order valence-corrected chi connectivity index (χ2v) is 4.96. The van der Waals surface area contributed by atoms with Crippen molar-refractivity contribution in [3.8, 4) is 10.8 Å². The number of nitrogens with one attached hydrogen (secondary N) is 1. The van der Waals surface area contributed by atoms with E-state index in [-0.39, 0.29) is 0 Å². The largest absolute Gasteiger partial charge is 0.462 e. The molecule has 0 bridgehead atoms. The lowest BCUT2D eigenvalue weighted by Crippen LogP contribution is -2.26. The van der Waals surface area contributed by atoms with Gasteiger partial charge in [0, 0.05) is 5.92 Å². The summed E-state index contributed by atoms with van der Waals surface area (Å²) in [6.45, 7) is 2.17. The standard InChI is InChI=1S/C11H13N3OS/c1-2-9(15-7-1)11-14-13-10(16-11)8-3-5-12-6-4-8/h1-2,7-8,12H,3-6H2. The molecule has 2 aromatic heterocycles. The molecule has 84 valence electrons. The van der Waals surface area contributed by atoms with Crippen LogP contribution in [0.5, 0.6) is 0 Å². The Hall–Kier alpha value is -1.20. The Bertz CT molecular complexity index is 446. The second-order valence-electron chi connectivity index (χ2n) is 3.95. The fourth-order valence-electron chi connectivity index (χ4n) is 1.97. The number of hydrogen-bond donors (Lipinski definition) is 1. The van der Waals surface area contributed by atoms with E-state index in [1.807, 2.05) is 12.1 Å². The minimum Gasteiger partial charge on any atom is -0.462 e. The molecule has 0 amide bonds. The van der Waals surface area contributed by atoms with Crippen molar-refractivity contribution in [3.05, 3.63) is 23.4 Å². The molecule has 0 spiro atoms. The molecular formula is C11H13N3OS. The maximum absolute atomic E-state index is 5.32. The van der Waals surface area contributed by atoms with Crippen LogP contribution in [0.25, 0.3) is 10.8 Å². The molecule has 0 atom stereocenters. The van der Waals surface area contributed by atoms with E-state index in [0.29, 0.717) is 5.92 Å². The predicted molar refractivity (Wildman–Crippen MR) is 62.5 cm³/mol.